The molecule has 1 saturated heterocycles. The van der Waals surface area contributed by atoms with E-state index in [1.165, 1.54) is 18.2 Å². The van der Waals surface area contributed by atoms with Crippen LogP contribution in [0.3, 0.4) is 0 Å². The molecule has 2 N–H and O–H groups in total. The van der Waals surface area contributed by atoms with Crippen LogP contribution in [0.1, 0.15) is 44.2 Å². The highest BCUT2D eigenvalue weighted by Gasteiger charge is 2.37. The number of ether oxygens (including phenoxy) is 2. The minimum atomic E-state index is -4.31. The highest BCUT2D eigenvalue weighted by atomic mass is 32.2. The number of halogens is 5. The Balaban J connectivity index is 0.000000541. The number of aliphatic hydroxyl groups excluding tert-OH is 1. The highest BCUT2D eigenvalue weighted by molar-refractivity contribution is 7.93. The third-order valence-corrected chi connectivity index (χ3v) is 5.15. The maximum Gasteiger partial charge on any atom is 0.416 e. The van der Waals surface area contributed by atoms with Crippen molar-refractivity contribution in [2.45, 2.75) is 44.2 Å². The summed E-state index contributed by atoms with van der Waals surface area (Å²) >= 11 is 0.421. The summed E-state index contributed by atoms with van der Waals surface area (Å²) in [6.07, 6.45) is 4.43. The van der Waals surface area contributed by atoms with Crippen LogP contribution in [-0.4, -0.2) is 36.1 Å². The highest BCUT2D eigenvalue weighted by Crippen LogP contribution is 2.43. The van der Waals surface area contributed by atoms with Gasteiger partial charge in [-0.1, -0.05) is 13.8 Å². The van der Waals surface area contributed by atoms with Crippen LogP contribution < -0.4 is 4.74 Å². The molecular weight excluding hydrogens is 491 g/mol. The van der Waals surface area contributed by atoms with Crippen molar-refractivity contribution >= 4 is 12.0 Å². The quantitative estimate of drug-likeness (QED) is 0.239. The molecule has 2 atom stereocenters. The van der Waals surface area contributed by atoms with Gasteiger partial charge in [0.15, 0.2) is 11.6 Å². The predicted octanol–water partition coefficient (Wildman–Crippen LogP) is 7.02. The molecule has 2 aromatic rings. The largest absolute Gasteiger partial charge is 0.490 e. The Morgan fingerprint density at radius 2 is 1.54 bits per heavy atom. The van der Waals surface area contributed by atoms with Crippen molar-refractivity contribution in [1.29, 1.82) is 0 Å². The van der Waals surface area contributed by atoms with Gasteiger partial charge in [-0.25, -0.2) is 8.78 Å². The molecule has 35 heavy (non-hydrogen) atoms. The number of alkyl halides is 3. The van der Waals surface area contributed by atoms with Crippen molar-refractivity contribution in [3.8, 4) is 18.6 Å². The average Bonchev–Trinajstić information content (AvgIpc) is 2.88. The first kappa shape index (κ1) is 32.7. The third-order valence-electron chi connectivity index (χ3n) is 4.67. The second-order valence-electron chi connectivity index (χ2n) is 6.74. The fraction of sp³-hybridized carbons (Fsp3) is 0.440. The summed E-state index contributed by atoms with van der Waals surface area (Å²) in [4.78, 5) is 0.392. The second kappa shape index (κ2) is 17.2. The van der Waals surface area contributed by atoms with Gasteiger partial charge in [-0.2, -0.15) is 13.2 Å². The van der Waals surface area contributed by atoms with Gasteiger partial charge >= 0.3 is 6.18 Å². The summed E-state index contributed by atoms with van der Waals surface area (Å²) in [5, 5.41) is 7.57. The Kier molecular flexibility index (Phi) is 16.0. The van der Waals surface area contributed by atoms with E-state index in [9.17, 15) is 22.0 Å². The molecule has 196 valence electrons. The first-order valence-electron chi connectivity index (χ1n) is 10.8. The molecule has 2 aromatic carbocycles. The molecule has 10 heteroatoms. The molecule has 2 unspecified atom stereocenters. The Morgan fingerprint density at radius 3 is 2.06 bits per heavy atom. The minimum Gasteiger partial charge on any atom is -0.490 e. The SMILES string of the molecule is C#C.CC.CCO.Fc1ccc(F)c2c1OCC1COCCC21.OSc1ccc(C(F)(F)F)cc1. The molecule has 0 aromatic heterocycles. The van der Waals surface area contributed by atoms with Crippen molar-refractivity contribution in [1.82, 2.24) is 0 Å². The van der Waals surface area contributed by atoms with Gasteiger partial charge in [0.25, 0.3) is 0 Å². The molecule has 4 rings (SSSR count). The number of fused-ring (bicyclic) bond motifs is 3. The Hall–Kier alpha value is -2.32. The molecule has 2 aliphatic heterocycles. The van der Waals surface area contributed by atoms with Gasteiger partial charge in [0.1, 0.15) is 5.82 Å². The van der Waals surface area contributed by atoms with Crippen LogP contribution >= 0.6 is 12.0 Å². The molecule has 0 amide bonds. The number of hydrogen-bond acceptors (Lipinski definition) is 5. The van der Waals surface area contributed by atoms with E-state index in [1.54, 1.807) is 6.92 Å². The summed E-state index contributed by atoms with van der Waals surface area (Å²) in [6, 6.07) is 6.58. The van der Waals surface area contributed by atoms with Crippen molar-refractivity contribution in [2.75, 3.05) is 26.4 Å². The van der Waals surface area contributed by atoms with Crippen LogP contribution in [0.5, 0.6) is 5.75 Å². The maximum atomic E-state index is 13.7. The summed E-state index contributed by atoms with van der Waals surface area (Å²) in [5.74, 6) is -0.553. The van der Waals surface area contributed by atoms with E-state index in [-0.39, 0.29) is 30.0 Å². The van der Waals surface area contributed by atoms with Crippen LogP contribution in [0.2, 0.25) is 0 Å². The first-order chi connectivity index (χ1) is 16.7. The van der Waals surface area contributed by atoms with Gasteiger partial charge in [-0.05, 0) is 49.7 Å². The van der Waals surface area contributed by atoms with Gasteiger partial charge < -0.3 is 19.1 Å². The summed E-state index contributed by atoms with van der Waals surface area (Å²) in [5.41, 5.74) is -0.306. The van der Waals surface area contributed by atoms with E-state index >= 15 is 0 Å². The molecular formula is C25H31F5O4S. The van der Waals surface area contributed by atoms with Crippen molar-refractivity contribution in [2.24, 2.45) is 5.92 Å². The van der Waals surface area contributed by atoms with Gasteiger partial charge in [-0.3, -0.25) is 0 Å². The molecule has 0 bridgehead atoms. The third kappa shape index (κ3) is 10.1. The van der Waals surface area contributed by atoms with Crippen LogP contribution in [0.4, 0.5) is 22.0 Å². The fourth-order valence-corrected chi connectivity index (χ4v) is 3.54. The lowest BCUT2D eigenvalue weighted by Crippen LogP contribution is -2.35. The lowest BCUT2D eigenvalue weighted by molar-refractivity contribution is -0.137. The lowest BCUT2D eigenvalue weighted by Gasteiger charge is -2.36. The maximum absolute atomic E-state index is 13.7. The molecule has 0 radical (unpaired) electrons. The fourth-order valence-electron chi connectivity index (χ4n) is 3.28. The zero-order valence-corrected chi connectivity index (χ0v) is 20.6. The van der Waals surface area contributed by atoms with Gasteiger partial charge in [-0.15, -0.1) is 12.8 Å². The smallest absolute Gasteiger partial charge is 0.416 e. The van der Waals surface area contributed by atoms with Crippen molar-refractivity contribution in [3.63, 3.8) is 0 Å². The lowest BCUT2D eigenvalue weighted by atomic mass is 9.80. The van der Waals surface area contributed by atoms with E-state index in [1.807, 2.05) is 13.8 Å². The number of benzene rings is 2. The van der Waals surface area contributed by atoms with E-state index in [2.05, 4.69) is 12.8 Å². The molecule has 0 saturated carbocycles. The first-order valence-corrected chi connectivity index (χ1v) is 11.6. The second-order valence-corrected chi connectivity index (χ2v) is 7.40. The van der Waals surface area contributed by atoms with Gasteiger partial charge in [0.2, 0.25) is 0 Å². The minimum absolute atomic E-state index is 0.0354. The summed E-state index contributed by atoms with van der Waals surface area (Å²) in [7, 11) is 0. The van der Waals surface area contributed by atoms with Gasteiger partial charge in [0, 0.05) is 47.6 Å². The van der Waals surface area contributed by atoms with Crippen LogP contribution in [-0.2, 0) is 10.9 Å². The van der Waals surface area contributed by atoms with E-state index < -0.39 is 17.6 Å². The van der Waals surface area contributed by atoms with Crippen molar-refractivity contribution in [3.05, 3.63) is 59.2 Å². The van der Waals surface area contributed by atoms with Gasteiger partial charge in [0.05, 0.1) is 18.8 Å². The van der Waals surface area contributed by atoms with Crippen LogP contribution in [0.25, 0.3) is 0 Å². The molecule has 1 fully saturated rings. The standard InChI is InChI=1S/C12H12F2O2.C7H5F3OS.C2H6O.C2H6.C2H2/c13-9-1-2-10(14)12-11(9)8-3-4-15-5-7(8)6-16-12;8-7(9,10)5-1-3-6(12-11)4-2-5;1-2-3;2*1-2/h1-2,7-8H,3-6H2;1-4,11H;3H,2H2,1H3;1-2H3;1-2H. The topological polar surface area (TPSA) is 58.9 Å². The molecule has 2 heterocycles. The predicted molar refractivity (Wildman–Crippen MR) is 127 cm³/mol. The Labute approximate surface area is 207 Å². The number of aliphatic hydroxyl groups is 1. The summed E-state index contributed by atoms with van der Waals surface area (Å²) < 4.78 is 82.2. The van der Waals surface area contributed by atoms with Crippen LogP contribution in [0.15, 0.2) is 41.3 Å². The van der Waals surface area contributed by atoms with Crippen LogP contribution in [0, 0.1) is 30.4 Å². The van der Waals surface area contributed by atoms with E-state index in [4.69, 9.17) is 19.1 Å². The number of hydrogen-bond donors (Lipinski definition) is 2. The average molecular weight is 523 g/mol. The van der Waals surface area contributed by atoms with E-state index in [0.29, 0.717) is 42.3 Å². The molecule has 4 nitrogen and oxygen atoms in total. The normalized spacial score (nSPS) is 17.5. The Bertz CT molecular complexity index is 873. The Morgan fingerprint density at radius 1 is 1.00 bits per heavy atom. The molecule has 0 aliphatic carbocycles. The number of rotatable bonds is 1. The molecule has 2 aliphatic rings. The number of terminal acetylenes is 1. The molecule has 0 spiro atoms. The summed E-state index contributed by atoms with van der Waals surface area (Å²) in [6.45, 7) is 7.52. The zero-order valence-electron chi connectivity index (χ0n) is 19.8. The van der Waals surface area contributed by atoms with E-state index in [0.717, 1.165) is 24.6 Å². The zero-order chi connectivity index (χ0) is 27.0. The monoisotopic (exact) mass is 522 g/mol. The van der Waals surface area contributed by atoms with Crippen molar-refractivity contribution < 1.29 is 41.1 Å².